The third-order valence-corrected chi connectivity index (χ3v) is 6.37. The van der Waals surface area contributed by atoms with Gasteiger partial charge in [0.2, 0.25) is 9.84 Å². The molecule has 3 rings (SSSR count). The number of hydrogen-bond donors (Lipinski definition) is 0. The Hall–Kier alpha value is -1.91. The smallest absolute Gasteiger partial charge is 0.218 e. The number of ether oxygens (including phenoxy) is 2. The van der Waals surface area contributed by atoms with E-state index in [9.17, 15) is 13.7 Å². The van der Waals surface area contributed by atoms with Gasteiger partial charge >= 0.3 is 0 Å². The fourth-order valence-electron chi connectivity index (χ4n) is 2.46. The first-order valence-corrected chi connectivity index (χ1v) is 10.4. The molecule has 2 aromatic carbocycles. The van der Waals surface area contributed by atoms with Crippen LogP contribution in [-0.4, -0.2) is 21.6 Å². The van der Waals surface area contributed by atoms with E-state index in [1.165, 1.54) is 30.3 Å². The summed E-state index contributed by atoms with van der Waals surface area (Å²) in [5.74, 6) is 0.785. The first kappa shape index (κ1) is 19.8. The molecule has 0 amide bonds. The van der Waals surface area contributed by atoms with Gasteiger partial charge in [-0.15, -0.1) is 0 Å². The topological polar surface area (TPSA) is 76.4 Å². The fourth-order valence-corrected chi connectivity index (χ4v) is 4.64. The molecule has 0 aromatic heterocycles. The summed E-state index contributed by atoms with van der Waals surface area (Å²) >= 11 is 18.1. The van der Waals surface area contributed by atoms with Crippen LogP contribution in [-0.2, 0) is 9.84 Å². The van der Waals surface area contributed by atoms with E-state index >= 15 is 0 Å². The lowest BCUT2D eigenvalue weighted by Gasteiger charge is -2.10. The van der Waals surface area contributed by atoms with E-state index in [0.717, 1.165) is 0 Å². The second-order valence-electron chi connectivity index (χ2n) is 5.58. The molecular weight excluding hydrogens is 433 g/mol. The zero-order valence-electron chi connectivity index (χ0n) is 13.7. The zero-order valence-corrected chi connectivity index (χ0v) is 16.8. The Morgan fingerprint density at radius 1 is 1.07 bits per heavy atom. The predicted octanol–water partition coefficient (Wildman–Crippen LogP) is 5.15. The molecule has 0 saturated carbocycles. The molecule has 0 atom stereocenters. The maximum absolute atomic E-state index is 12.8. The molecule has 2 aromatic rings. The van der Waals surface area contributed by atoms with Crippen LogP contribution in [0.3, 0.4) is 0 Å². The molecule has 1 heterocycles. The maximum Gasteiger partial charge on any atom is 0.218 e. The lowest BCUT2D eigenvalue weighted by molar-refractivity contribution is 0.297. The van der Waals surface area contributed by atoms with Crippen molar-refractivity contribution in [2.24, 2.45) is 0 Å². The molecule has 0 aliphatic carbocycles. The Bertz CT molecular complexity index is 1070. The van der Waals surface area contributed by atoms with Crippen LogP contribution in [0.2, 0.25) is 15.1 Å². The molecular formula is C18H12Cl3NO4S. The van der Waals surface area contributed by atoms with Gasteiger partial charge in [0.05, 0.1) is 28.2 Å². The van der Waals surface area contributed by atoms with Crippen LogP contribution in [0.4, 0.5) is 0 Å². The van der Waals surface area contributed by atoms with Gasteiger partial charge in [-0.2, -0.15) is 5.26 Å². The molecule has 0 spiro atoms. The standard InChI is InChI=1S/C18H12Cl3NO4S/c19-12-2-3-14(20)17(9-12)27(23,24)13(10-22)6-11-7-15(21)18-16(8-11)25-4-1-5-26-18/h2-3,6-9H,1,4-5H2/b13-6-. The predicted molar refractivity (Wildman–Crippen MR) is 104 cm³/mol. The highest BCUT2D eigenvalue weighted by Crippen LogP contribution is 2.39. The summed E-state index contributed by atoms with van der Waals surface area (Å²) < 4.78 is 36.8. The first-order valence-electron chi connectivity index (χ1n) is 7.74. The highest BCUT2D eigenvalue weighted by atomic mass is 35.5. The van der Waals surface area contributed by atoms with Crippen LogP contribution in [0.5, 0.6) is 11.5 Å². The van der Waals surface area contributed by atoms with Crippen LogP contribution in [0.25, 0.3) is 6.08 Å². The number of sulfone groups is 1. The molecule has 0 bridgehead atoms. The largest absolute Gasteiger partial charge is 0.489 e. The molecule has 9 heteroatoms. The Morgan fingerprint density at radius 2 is 1.81 bits per heavy atom. The summed E-state index contributed by atoms with van der Waals surface area (Å²) in [6.07, 6.45) is 1.90. The van der Waals surface area contributed by atoms with E-state index in [0.29, 0.717) is 36.7 Å². The summed E-state index contributed by atoms with van der Waals surface area (Å²) in [6.45, 7) is 0.908. The number of allylic oxidation sites excluding steroid dienone is 1. The van der Waals surface area contributed by atoms with E-state index < -0.39 is 14.7 Å². The summed E-state index contributed by atoms with van der Waals surface area (Å²) in [5.41, 5.74) is 0.377. The average Bonchev–Trinajstić information content (AvgIpc) is 2.87. The molecule has 0 saturated heterocycles. The average molecular weight is 445 g/mol. The van der Waals surface area contributed by atoms with Crippen molar-refractivity contribution in [2.75, 3.05) is 13.2 Å². The number of rotatable bonds is 3. The van der Waals surface area contributed by atoms with Crippen LogP contribution in [0, 0.1) is 11.3 Å². The van der Waals surface area contributed by atoms with Gasteiger partial charge in [0.25, 0.3) is 0 Å². The van der Waals surface area contributed by atoms with Crippen molar-refractivity contribution in [1.29, 1.82) is 5.26 Å². The molecule has 1 aliphatic heterocycles. The molecule has 27 heavy (non-hydrogen) atoms. The van der Waals surface area contributed by atoms with Crippen molar-refractivity contribution >= 4 is 50.7 Å². The van der Waals surface area contributed by atoms with Gasteiger partial charge in [-0.05, 0) is 42.0 Å². The van der Waals surface area contributed by atoms with Gasteiger partial charge in [0, 0.05) is 11.4 Å². The summed E-state index contributed by atoms with van der Waals surface area (Å²) in [5, 5.41) is 9.85. The molecule has 1 aliphatic rings. The van der Waals surface area contributed by atoms with Gasteiger partial charge in [-0.1, -0.05) is 34.8 Å². The van der Waals surface area contributed by atoms with Gasteiger partial charge in [-0.3, -0.25) is 0 Å². The Kier molecular flexibility index (Phi) is 5.87. The number of hydrogen-bond acceptors (Lipinski definition) is 5. The maximum atomic E-state index is 12.8. The lowest BCUT2D eigenvalue weighted by atomic mass is 10.2. The van der Waals surface area contributed by atoms with E-state index in [4.69, 9.17) is 44.3 Å². The fraction of sp³-hybridized carbons (Fsp3) is 0.167. The van der Waals surface area contributed by atoms with Gasteiger partial charge in [-0.25, -0.2) is 8.42 Å². The minimum atomic E-state index is -4.18. The van der Waals surface area contributed by atoms with Crippen molar-refractivity contribution in [3.05, 3.63) is 55.9 Å². The normalized spacial score (nSPS) is 14.4. The SMILES string of the molecule is N#C/C(=C/c1cc(Cl)c2c(c1)OCCCO2)S(=O)(=O)c1cc(Cl)ccc1Cl. The Morgan fingerprint density at radius 3 is 2.56 bits per heavy atom. The molecule has 0 fully saturated rings. The van der Waals surface area contributed by atoms with Crippen molar-refractivity contribution < 1.29 is 17.9 Å². The number of nitriles is 1. The van der Waals surface area contributed by atoms with Crippen LogP contribution >= 0.6 is 34.8 Å². The third-order valence-electron chi connectivity index (χ3n) is 3.70. The minimum absolute atomic E-state index is 0.0303. The Balaban J connectivity index is 2.09. The first-order chi connectivity index (χ1) is 12.8. The van der Waals surface area contributed by atoms with Crippen LogP contribution in [0.1, 0.15) is 12.0 Å². The molecule has 0 unspecified atom stereocenters. The number of fused-ring (bicyclic) bond motifs is 1. The number of nitrogens with zero attached hydrogens (tertiary/aromatic N) is 1. The van der Waals surface area contributed by atoms with Gasteiger partial charge in [0.1, 0.15) is 11.0 Å². The lowest BCUT2D eigenvalue weighted by Crippen LogP contribution is -2.04. The van der Waals surface area contributed by atoms with Gasteiger partial charge < -0.3 is 9.47 Å². The highest BCUT2D eigenvalue weighted by Gasteiger charge is 2.25. The quantitative estimate of drug-likeness (QED) is 0.612. The van der Waals surface area contributed by atoms with Crippen molar-refractivity contribution in [3.8, 4) is 17.6 Å². The second kappa shape index (κ2) is 7.99. The second-order valence-corrected chi connectivity index (χ2v) is 8.72. The molecule has 5 nitrogen and oxygen atoms in total. The van der Waals surface area contributed by atoms with E-state index in [2.05, 4.69) is 0 Å². The minimum Gasteiger partial charge on any atom is -0.489 e. The van der Waals surface area contributed by atoms with E-state index in [-0.39, 0.29) is 20.0 Å². The molecule has 0 radical (unpaired) electrons. The summed E-state index contributed by atoms with van der Waals surface area (Å²) in [4.78, 5) is -0.748. The monoisotopic (exact) mass is 443 g/mol. The van der Waals surface area contributed by atoms with Crippen molar-refractivity contribution in [1.82, 2.24) is 0 Å². The highest BCUT2D eigenvalue weighted by molar-refractivity contribution is 7.95. The van der Waals surface area contributed by atoms with Crippen molar-refractivity contribution in [2.45, 2.75) is 11.3 Å². The molecule has 0 N–H and O–H groups in total. The van der Waals surface area contributed by atoms with E-state index in [1.807, 2.05) is 0 Å². The third kappa shape index (κ3) is 4.17. The van der Waals surface area contributed by atoms with E-state index in [1.54, 1.807) is 12.1 Å². The van der Waals surface area contributed by atoms with Gasteiger partial charge in [0.15, 0.2) is 11.5 Å². The zero-order chi connectivity index (χ0) is 19.6. The van der Waals surface area contributed by atoms with Crippen LogP contribution < -0.4 is 9.47 Å². The van der Waals surface area contributed by atoms with Crippen LogP contribution in [0.15, 0.2) is 40.1 Å². The summed E-state index contributed by atoms with van der Waals surface area (Å²) in [6, 6.07) is 8.79. The van der Waals surface area contributed by atoms with Crippen molar-refractivity contribution in [3.63, 3.8) is 0 Å². The Labute approximate surface area is 171 Å². The molecule has 140 valence electrons. The summed E-state index contributed by atoms with van der Waals surface area (Å²) in [7, 11) is -4.18. The number of halogens is 3. The number of benzene rings is 2.